The molecule has 2 heterocycles. The number of aromatic hydroxyl groups is 1. The summed E-state index contributed by atoms with van der Waals surface area (Å²) < 4.78 is 0. The smallest absolute Gasteiger partial charge is 0.139 e. The van der Waals surface area contributed by atoms with E-state index in [0.29, 0.717) is 5.75 Å². The molecule has 1 aromatic carbocycles. The number of phenols is 1. The third-order valence-corrected chi connectivity index (χ3v) is 2.87. The molecular weight excluding hydrogens is 176 g/mol. The van der Waals surface area contributed by atoms with Crippen LogP contribution in [-0.2, 0) is 13.0 Å². The maximum Gasteiger partial charge on any atom is 0.139 e. The highest BCUT2D eigenvalue weighted by Crippen LogP contribution is 2.30. The molecule has 14 heavy (non-hydrogen) atoms. The van der Waals surface area contributed by atoms with Crippen LogP contribution >= 0.6 is 0 Å². The first-order valence-corrected chi connectivity index (χ1v) is 4.88. The Morgan fingerprint density at radius 3 is 3.07 bits per heavy atom. The van der Waals surface area contributed by atoms with Crippen molar-refractivity contribution in [3.05, 3.63) is 29.5 Å². The van der Waals surface area contributed by atoms with Crippen LogP contribution in [0.2, 0.25) is 0 Å². The Kier molecular flexibility index (Phi) is 1.55. The topological polar surface area (TPSA) is 48.0 Å². The number of aromatic nitrogens is 1. The summed E-state index contributed by atoms with van der Waals surface area (Å²) in [5, 5.41) is 14.2. The minimum atomic E-state index is 0.344. The number of aromatic amines is 1. The zero-order valence-corrected chi connectivity index (χ0v) is 7.80. The molecule has 3 rings (SSSR count). The highest BCUT2D eigenvalue weighted by Gasteiger charge is 2.13. The van der Waals surface area contributed by atoms with Crippen LogP contribution in [-0.4, -0.2) is 16.6 Å². The lowest BCUT2D eigenvalue weighted by Crippen LogP contribution is -2.13. The highest BCUT2D eigenvalue weighted by molar-refractivity contribution is 5.91. The molecule has 0 unspecified atom stereocenters. The first-order valence-electron chi connectivity index (χ1n) is 4.88. The molecule has 0 amide bonds. The minimum Gasteiger partial charge on any atom is -0.506 e. The molecule has 0 bridgehead atoms. The second kappa shape index (κ2) is 2.75. The van der Waals surface area contributed by atoms with Crippen molar-refractivity contribution in [2.75, 3.05) is 6.54 Å². The number of hydrogen-bond acceptors (Lipinski definition) is 2. The fourth-order valence-corrected chi connectivity index (χ4v) is 2.17. The molecule has 0 saturated carbocycles. The van der Waals surface area contributed by atoms with E-state index in [9.17, 15) is 5.11 Å². The highest BCUT2D eigenvalue weighted by atomic mass is 16.3. The van der Waals surface area contributed by atoms with Crippen LogP contribution in [0.1, 0.15) is 11.1 Å². The molecule has 72 valence electrons. The standard InChI is InChI=1S/C11H12N2O/c14-9-2-1-7-3-4-12-5-8-6-13-11(9)10(7)8/h1-2,6,12-14H,3-5H2. The van der Waals surface area contributed by atoms with Crippen molar-refractivity contribution in [3.8, 4) is 5.75 Å². The van der Waals surface area contributed by atoms with E-state index in [0.717, 1.165) is 25.0 Å². The Morgan fingerprint density at radius 2 is 2.14 bits per heavy atom. The van der Waals surface area contributed by atoms with Gasteiger partial charge in [-0.2, -0.15) is 0 Å². The van der Waals surface area contributed by atoms with Crippen LogP contribution < -0.4 is 5.32 Å². The van der Waals surface area contributed by atoms with Gasteiger partial charge in [0.25, 0.3) is 0 Å². The summed E-state index contributed by atoms with van der Waals surface area (Å²) in [6.07, 6.45) is 3.01. The van der Waals surface area contributed by atoms with E-state index in [-0.39, 0.29) is 0 Å². The maximum absolute atomic E-state index is 9.67. The zero-order valence-electron chi connectivity index (χ0n) is 7.80. The Balaban J connectivity index is 2.41. The SMILES string of the molecule is Oc1ccc2c3c(c[nH]c13)CNCC2. The lowest BCUT2D eigenvalue weighted by molar-refractivity contribution is 0.480. The normalized spacial score (nSPS) is 15.7. The molecule has 3 nitrogen and oxygen atoms in total. The first-order chi connectivity index (χ1) is 6.86. The number of nitrogens with one attached hydrogen (secondary N) is 2. The molecule has 0 radical (unpaired) electrons. The van der Waals surface area contributed by atoms with Crippen molar-refractivity contribution in [2.45, 2.75) is 13.0 Å². The van der Waals surface area contributed by atoms with Crippen molar-refractivity contribution in [1.82, 2.24) is 10.3 Å². The van der Waals surface area contributed by atoms with Crippen molar-refractivity contribution in [3.63, 3.8) is 0 Å². The van der Waals surface area contributed by atoms with Crippen molar-refractivity contribution < 1.29 is 5.11 Å². The summed E-state index contributed by atoms with van der Waals surface area (Å²) in [5.74, 6) is 0.344. The molecule has 0 atom stereocenters. The first kappa shape index (κ1) is 7.88. The average Bonchev–Trinajstić information content (AvgIpc) is 2.51. The molecule has 0 spiro atoms. The van der Waals surface area contributed by atoms with Gasteiger partial charge in [0.15, 0.2) is 0 Å². The number of phenolic OH excluding ortho intramolecular Hbond substituents is 1. The van der Waals surface area contributed by atoms with Gasteiger partial charge in [-0.25, -0.2) is 0 Å². The summed E-state index contributed by atoms with van der Waals surface area (Å²) in [6, 6.07) is 3.78. The van der Waals surface area contributed by atoms with Gasteiger partial charge in [-0.3, -0.25) is 0 Å². The Bertz CT molecular complexity index is 487. The molecule has 3 heteroatoms. The molecule has 0 fully saturated rings. The molecule has 1 aliphatic heterocycles. The van der Waals surface area contributed by atoms with Crippen LogP contribution in [0, 0.1) is 0 Å². The van der Waals surface area contributed by atoms with Crippen LogP contribution in [0.4, 0.5) is 0 Å². The van der Waals surface area contributed by atoms with Gasteiger partial charge in [-0.05, 0) is 30.2 Å². The predicted octanol–water partition coefficient (Wildman–Crippen LogP) is 1.52. The second-order valence-corrected chi connectivity index (χ2v) is 3.73. The van der Waals surface area contributed by atoms with Gasteiger partial charge in [0.05, 0.1) is 5.52 Å². The zero-order chi connectivity index (χ0) is 9.54. The average molecular weight is 188 g/mol. The van der Waals surface area contributed by atoms with Gasteiger partial charge in [0.2, 0.25) is 0 Å². The third-order valence-electron chi connectivity index (χ3n) is 2.87. The largest absolute Gasteiger partial charge is 0.506 e. The van der Waals surface area contributed by atoms with E-state index in [1.54, 1.807) is 6.07 Å². The van der Waals surface area contributed by atoms with Crippen LogP contribution in [0.3, 0.4) is 0 Å². The van der Waals surface area contributed by atoms with Gasteiger partial charge in [0.1, 0.15) is 5.75 Å². The van der Waals surface area contributed by atoms with E-state index in [1.165, 1.54) is 16.5 Å². The molecular formula is C11H12N2O. The molecule has 1 aliphatic rings. The molecule has 1 aromatic heterocycles. The van der Waals surface area contributed by atoms with Gasteiger partial charge in [0, 0.05) is 18.1 Å². The van der Waals surface area contributed by atoms with Crippen molar-refractivity contribution in [1.29, 1.82) is 0 Å². The summed E-state index contributed by atoms with van der Waals surface area (Å²) in [5.41, 5.74) is 3.45. The lowest BCUT2D eigenvalue weighted by Gasteiger charge is -2.02. The van der Waals surface area contributed by atoms with E-state index in [4.69, 9.17) is 0 Å². The van der Waals surface area contributed by atoms with E-state index >= 15 is 0 Å². The minimum absolute atomic E-state index is 0.344. The lowest BCUT2D eigenvalue weighted by atomic mass is 10.0. The van der Waals surface area contributed by atoms with E-state index in [1.807, 2.05) is 12.3 Å². The Hall–Kier alpha value is -1.48. The number of hydrogen-bond donors (Lipinski definition) is 3. The van der Waals surface area contributed by atoms with Gasteiger partial charge >= 0.3 is 0 Å². The van der Waals surface area contributed by atoms with Crippen LogP contribution in [0.5, 0.6) is 5.75 Å². The van der Waals surface area contributed by atoms with Crippen LogP contribution in [0.25, 0.3) is 10.9 Å². The maximum atomic E-state index is 9.67. The molecule has 0 saturated heterocycles. The van der Waals surface area contributed by atoms with Gasteiger partial charge in [-0.15, -0.1) is 0 Å². The fourth-order valence-electron chi connectivity index (χ4n) is 2.17. The molecule has 0 aliphatic carbocycles. The van der Waals surface area contributed by atoms with Crippen molar-refractivity contribution in [2.24, 2.45) is 0 Å². The number of benzene rings is 1. The second-order valence-electron chi connectivity index (χ2n) is 3.73. The van der Waals surface area contributed by atoms with E-state index in [2.05, 4.69) is 10.3 Å². The molecule has 2 aromatic rings. The summed E-state index contributed by atoms with van der Waals surface area (Å²) in [7, 11) is 0. The summed E-state index contributed by atoms with van der Waals surface area (Å²) in [6.45, 7) is 1.89. The number of H-pyrrole nitrogens is 1. The summed E-state index contributed by atoms with van der Waals surface area (Å²) in [4.78, 5) is 3.13. The Labute approximate surface area is 81.8 Å². The fraction of sp³-hybridized carbons (Fsp3) is 0.273. The third kappa shape index (κ3) is 0.960. The molecule has 3 N–H and O–H groups in total. The monoisotopic (exact) mass is 188 g/mol. The number of rotatable bonds is 0. The quantitative estimate of drug-likeness (QED) is 0.587. The van der Waals surface area contributed by atoms with Crippen molar-refractivity contribution >= 4 is 10.9 Å². The predicted molar refractivity (Wildman–Crippen MR) is 55.4 cm³/mol. The Morgan fingerprint density at radius 1 is 1.21 bits per heavy atom. The van der Waals surface area contributed by atoms with Gasteiger partial charge < -0.3 is 15.4 Å². The van der Waals surface area contributed by atoms with E-state index < -0.39 is 0 Å². The van der Waals surface area contributed by atoms with Gasteiger partial charge in [-0.1, -0.05) is 6.07 Å². The summed E-state index contributed by atoms with van der Waals surface area (Å²) >= 11 is 0. The van der Waals surface area contributed by atoms with Crippen LogP contribution in [0.15, 0.2) is 18.3 Å².